The maximum atomic E-state index is 11.8. The number of hydrogen-bond acceptors (Lipinski definition) is 4. The Labute approximate surface area is 120 Å². The molecule has 1 aromatic rings. The normalized spacial score (nSPS) is 14.6. The van der Waals surface area contributed by atoms with Gasteiger partial charge in [-0.3, -0.25) is 19.3 Å². The van der Waals surface area contributed by atoms with Crippen molar-refractivity contribution in [3.63, 3.8) is 0 Å². The summed E-state index contributed by atoms with van der Waals surface area (Å²) in [5.41, 5.74) is 0.600. The van der Waals surface area contributed by atoms with E-state index in [9.17, 15) is 19.2 Å². The van der Waals surface area contributed by atoms with Gasteiger partial charge in [-0.1, -0.05) is 0 Å². The van der Waals surface area contributed by atoms with E-state index in [1.54, 1.807) is 6.92 Å². The number of aryl methyl sites for hydroxylation is 1. The van der Waals surface area contributed by atoms with Crippen LogP contribution in [0.5, 0.6) is 0 Å². The lowest BCUT2D eigenvalue weighted by Gasteiger charge is -2.13. The number of rotatable bonds is 5. The van der Waals surface area contributed by atoms with E-state index in [2.05, 4.69) is 10.3 Å². The van der Waals surface area contributed by atoms with Crippen LogP contribution in [0.1, 0.15) is 35.3 Å². The smallest absolute Gasteiger partial charge is 0.339 e. The van der Waals surface area contributed by atoms with Gasteiger partial charge in [0.25, 0.3) is 0 Å². The second kappa shape index (κ2) is 5.78. The number of hydrogen-bond donors (Lipinski definition) is 3. The van der Waals surface area contributed by atoms with Gasteiger partial charge in [0.05, 0.1) is 5.69 Å². The fraction of sp³-hybridized carbons (Fsp3) is 0.385. The summed E-state index contributed by atoms with van der Waals surface area (Å²) in [6, 6.07) is 0. The maximum absolute atomic E-state index is 11.8. The van der Waals surface area contributed by atoms with E-state index in [0.717, 1.165) is 4.90 Å². The summed E-state index contributed by atoms with van der Waals surface area (Å²) in [6.45, 7) is 1.59. The third kappa shape index (κ3) is 3.10. The zero-order valence-electron chi connectivity index (χ0n) is 11.4. The number of carboxylic acids is 1. The summed E-state index contributed by atoms with van der Waals surface area (Å²) in [4.78, 5) is 49.4. The van der Waals surface area contributed by atoms with Crippen molar-refractivity contribution in [2.24, 2.45) is 0 Å². The summed E-state index contributed by atoms with van der Waals surface area (Å²) < 4.78 is 0. The van der Waals surface area contributed by atoms with Gasteiger partial charge < -0.3 is 15.4 Å². The van der Waals surface area contributed by atoms with Gasteiger partial charge in [0, 0.05) is 37.7 Å². The lowest BCUT2D eigenvalue weighted by molar-refractivity contribution is -0.138. The third-order valence-corrected chi connectivity index (χ3v) is 3.28. The molecule has 21 heavy (non-hydrogen) atoms. The van der Waals surface area contributed by atoms with Crippen LogP contribution in [-0.2, 0) is 14.4 Å². The van der Waals surface area contributed by atoms with E-state index in [0.29, 0.717) is 5.69 Å². The van der Waals surface area contributed by atoms with E-state index in [4.69, 9.17) is 5.11 Å². The predicted octanol–water partition coefficient (Wildman–Crippen LogP) is 0.499. The van der Waals surface area contributed by atoms with Crippen molar-refractivity contribution in [1.82, 2.24) is 9.88 Å². The van der Waals surface area contributed by atoms with Crippen molar-refractivity contribution in [2.45, 2.75) is 26.2 Å². The quantitative estimate of drug-likeness (QED) is 0.683. The Hall–Kier alpha value is -2.64. The Morgan fingerprint density at radius 1 is 1.33 bits per heavy atom. The molecule has 0 radical (unpaired) electrons. The van der Waals surface area contributed by atoms with E-state index in [1.807, 2.05) is 0 Å². The lowest BCUT2D eigenvalue weighted by atomic mass is 10.2. The molecule has 3 amide bonds. The number of amides is 3. The average Bonchev–Trinajstić information content (AvgIpc) is 2.91. The van der Waals surface area contributed by atoms with Crippen LogP contribution in [0.2, 0.25) is 0 Å². The number of aromatic nitrogens is 1. The molecule has 0 bridgehead atoms. The van der Waals surface area contributed by atoms with Crippen LogP contribution in [0.4, 0.5) is 5.69 Å². The first-order valence-corrected chi connectivity index (χ1v) is 6.44. The summed E-state index contributed by atoms with van der Waals surface area (Å²) in [5, 5.41) is 11.5. The van der Waals surface area contributed by atoms with Gasteiger partial charge in [-0.05, 0) is 6.92 Å². The number of likely N-dealkylation sites (tertiary alicyclic amines) is 1. The van der Waals surface area contributed by atoms with Gasteiger partial charge in [-0.15, -0.1) is 0 Å². The maximum Gasteiger partial charge on any atom is 0.339 e. The molecule has 1 fully saturated rings. The Morgan fingerprint density at radius 2 is 1.95 bits per heavy atom. The highest BCUT2D eigenvalue weighted by Crippen LogP contribution is 2.19. The Kier molecular flexibility index (Phi) is 4.06. The molecule has 0 atom stereocenters. The molecule has 1 aromatic heterocycles. The topological polar surface area (TPSA) is 120 Å². The second-order valence-corrected chi connectivity index (χ2v) is 4.74. The number of carbonyl (C=O) groups excluding carboxylic acids is 3. The molecule has 2 rings (SSSR count). The van der Waals surface area contributed by atoms with E-state index < -0.39 is 11.9 Å². The number of H-pyrrole nitrogens is 1. The molecular weight excluding hydrogens is 278 g/mol. The first-order valence-electron chi connectivity index (χ1n) is 6.44. The van der Waals surface area contributed by atoms with Crippen molar-refractivity contribution >= 4 is 29.4 Å². The van der Waals surface area contributed by atoms with Crippen molar-refractivity contribution in [3.8, 4) is 0 Å². The molecule has 0 aliphatic carbocycles. The largest absolute Gasteiger partial charge is 0.478 e. The standard InChI is InChI=1S/C13H15N3O5/c1-7-12(13(20)21)8(6-14-7)15-9(17)4-5-16-10(18)2-3-11(16)19/h6,14H,2-5H2,1H3,(H,15,17)(H,20,21). The molecule has 1 aliphatic heterocycles. The van der Waals surface area contributed by atoms with Crippen LogP contribution < -0.4 is 5.32 Å². The molecule has 0 unspecified atom stereocenters. The highest BCUT2D eigenvalue weighted by molar-refractivity contribution is 6.03. The molecular formula is C13H15N3O5. The van der Waals surface area contributed by atoms with Crippen LogP contribution in [0.25, 0.3) is 0 Å². The fourth-order valence-electron chi connectivity index (χ4n) is 2.20. The van der Waals surface area contributed by atoms with Crippen LogP contribution in [0.15, 0.2) is 6.20 Å². The van der Waals surface area contributed by atoms with Crippen molar-refractivity contribution < 1.29 is 24.3 Å². The average molecular weight is 293 g/mol. The minimum absolute atomic E-state index is 0.00308. The van der Waals surface area contributed by atoms with Crippen molar-refractivity contribution in [2.75, 3.05) is 11.9 Å². The highest BCUT2D eigenvalue weighted by atomic mass is 16.4. The summed E-state index contributed by atoms with van der Waals surface area (Å²) in [6.07, 6.45) is 1.69. The van der Waals surface area contributed by atoms with E-state index in [-0.39, 0.29) is 48.9 Å². The van der Waals surface area contributed by atoms with Gasteiger partial charge >= 0.3 is 5.97 Å². The molecule has 2 heterocycles. The molecule has 8 heteroatoms. The number of carbonyl (C=O) groups is 4. The van der Waals surface area contributed by atoms with E-state index >= 15 is 0 Å². The first kappa shape index (κ1) is 14.8. The zero-order valence-corrected chi connectivity index (χ0v) is 11.4. The van der Waals surface area contributed by atoms with E-state index in [1.165, 1.54) is 6.20 Å². The van der Waals surface area contributed by atoms with Crippen molar-refractivity contribution in [3.05, 3.63) is 17.5 Å². The van der Waals surface area contributed by atoms with Crippen LogP contribution in [0, 0.1) is 6.92 Å². The zero-order chi connectivity index (χ0) is 15.6. The molecule has 0 saturated carbocycles. The summed E-state index contributed by atoms with van der Waals surface area (Å²) >= 11 is 0. The molecule has 1 aliphatic rings. The van der Waals surface area contributed by atoms with Crippen LogP contribution in [-0.4, -0.2) is 45.2 Å². The number of anilines is 1. The minimum Gasteiger partial charge on any atom is -0.478 e. The second-order valence-electron chi connectivity index (χ2n) is 4.74. The number of aromatic amines is 1. The highest BCUT2D eigenvalue weighted by Gasteiger charge is 2.29. The molecule has 1 saturated heterocycles. The SMILES string of the molecule is Cc1[nH]cc(NC(=O)CCN2C(=O)CCC2=O)c1C(=O)O. The summed E-state index contributed by atoms with van der Waals surface area (Å²) in [5.74, 6) is -2.16. The van der Waals surface area contributed by atoms with Gasteiger partial charge in [0.1, 0.15) is 5.56 Å². The number of aromatic carboxylic acids is 1. The minimum atomic E-state index is -1.14. The predicted molar refractivity (Wildman–Crippen MR) is 71.7 cm³/mol. The van der Waals surface area contributed by atoms with Gasteiger partial charge in [0.2, 0.25) is 17.7 Å². The number of nitrogens with one attached hydrogen (secondary N) is 2. The molecule has 0 spiro atoms. The Bertz CT molecular complexity index is 603. The van der Waals surface area contributed by atoms with Gasteiger partial charge in [0.15, 0.2) is 0 Å². The van der Waals surface area contributed by atoms with Crippen LogP contribution >= 0.6 is 0 Å². The summed E-state index contributed by atoms with van der Waals surface area (Å²) in [7, 11) is 0. The third-order valence-electron chi connectivity index (χ3n) is 3.28. The molecule has 0 aromatic carbocycles. The van der Waals surface area contributed by atoms with Gasteiger partial charge in [-0.25, -0.2) is 4.79 Å². The molecule has 112 valence electrons. The number of nitrogens with zero attached hydrogens (tertiary/aromatic N) is 1. The fourth-order valence-corrected chi connectivity index (χ4v) is 2.20. The van der Waals surface area contributed by atoms with Crippen LogP contribution in [0.3, 0.4) is 0 Å². The first-order chi connectivity index (χ1) is 9.90. The Morgan fingerprint density at radius 3 is 2.52 bits per heavy atom. The Balaban J connectivity index is 1.95. The lowest BCUT2D eigenvalue weighted by Crippen LogP contribution is -2.32. The molecule has 3 N–H and O–H groups in total. The molecule has 8 nitrogen and oxygen atoms in total. The number of carboxylic acid groups (broad SMARTS) is 1. The number of imide groups is 1. The monoisotopic (exact) mass is 293 g/mol. The van der Waals surface area contributed by atoms with Gasteiger partial charge in [-0.2, -0.15) is 0 Å². The van der Waals surface area contributed by atoms with Crippen molar-refractivity contribution in [1.29, 1.82) is 0 Å².